The van der Waals surface area contributed by atoms with Gasteiger partial charge in [-0.05, 0) is 54.4 Å². The molecule has 0 heterocycles. The molecule has 3 aromatic rings. The minimum atomic E-state index is 0.00876. The molecule has 1 amide bonds. The number of nitrogens with two attached hydrogens (primary N) is 1. The summed E-state index contributed by atoms with van der Waals surface area (Å²) in [5.74, 6) is 0.372. The molecule has 0 aromatic heterocycles. The van der Waals surface area contributed by atoms with Gasteiger partial charge >= 0.3 is 0 Å². The van der Waals surface area contributed by atoms with E-state index in [9.17, 15) is 4.79 Å². The Morgan fingerprint density at radius 1 is 0.933 bits per heavy atom. The number of nitrogens with zero attached hydrogens (tertiary/aromatic N) is 1. The van der Waals surface area contributed by atoms with E-state index >= 15 is 0 Å². The zero-order valence-electron chi connectivity index (χ0n) is 17.6. The third-order valence-electron chi connectivity index (χ3n) is 6.25. The Morgan fingerprint density at radius 3 is 2.37 bits per heavy atom. The second-order valence-corrected chi connectivity index (χ2v) is 8.34. The van der Waals surface area contributed by atoms with E-state index in [0.29, 0.717) is 12.5 Å². The lowest BCUT2D eigenvalue weighted by atomic mass is 9.76. The molecule has 1 aliphatic rings. The normalized spacial score (nSPS) is 17.9. The fourth-order valence-electron chi connectivity index (χ4n) is 4.71. The first-order valence-electron chi connectivity index (χ1n) is 10.8. The van der Waals surface area contributed by atoms with Crippen molar-refractivity contribution in [1.29, 1.82) is 0 Å². The lowest BCUT2D eigenvalue weighted by molar-refractivity contribution is -0.134. The van der Waals surface area contributed by atoms with E-state index in [1.807, 2.05) is 23.1 Å². The molecule has 0 fully saturated rings. The molecule has 154 valence electrons. The predicted molar refractivity (Wildman–Crippen MR) is 122 cm³/mol. The topological polar surface area (TPSA) is 46.3 Å². The van der Waals surface area contributed by atoms with E-state index < -0.39 is 0 Å². The molecule has 4 rings (SSSR count). The quantitative estimate of drug-likeness (QED) is 0.646. The van der Waals surface area contributed by atoms with Crippen molar-refractivity contribution in [1.82, 2.24) is 4.90 Å². The van der Waals surface area contributed by atoms with Crippen molar-refractivity contribution in [2.75, 3.05) is 6.54 Å². The smallest absolute Gasteiger partial charge is 0.237 e. The lowest BCUT2D eigenvalue weighted by Gasteiger charge is -2.41. The molecule has 0 spiro atoms. The van der Waals surface area contributed by atoms with Crippen LogP contribution < -0.4 is 5.73 Å². The maximum absolute atomic E-state index is 13.1. The highest BCUT2D eigenvalue weighted by Crippen LogP contribution is 2.41. The molecular weight excluding hydrogens is 368 g/mol. The first-order chi connectivity index (χ1) is 14.7. The minimum absolute atomic E-state index is 0.00876. The summed E-state index contributed by atoms with van der Waals surface area (Å²) in [6.45, 7) is 2.73. The third kappa shape index (κ3) is 4.47. The van der Waals surface area contributed by atoms with Gasteiger partial charge in [0.1, 0.15) is 0 Å². The fraction of sp³-hybridized carbons (Fsp3) is 0.296. The summed E-state index contributed by atoms with van der Waals surface area (Å²) in [5, 5.41) is 0. The molecule has 0 aliphatic heterocycles. The van der Waals surface area contributed by atoms with E-state index in [-0.39, 0.29) is 18.5 Å². The van der Waals surface area contributed by atoms with Crippen LogP contribution in [0.4, 0.5) is 0 Å². The number of carbonyl (C=O) groups excluding carboxylic acids is 1. The number of hydrogen-bond acceptors (Lipinski definition) is 2. The van der Waals surface area contributed by atoms with Crippen molar-refractivity contribution in [2.24, 2.45) is 11.7 Å². The van der Waals surface area contributed by atoms with Crippen LogP contribution >= 0.6 is 0 Å². The standard InChI is InChI=1S/C27H30N2O/c1-20-11-13-21(14-12-20)17-24-16-15-23-9-5-6-10-25(23)27(24)29(26(30)18-28)19-22-7-3-2-4-8-22/h2-14,24,27H,15-19,28H2,1H3. The Balaban J connectivity index is 1.72. The summed E-state index contributed by atoms with van der Waals surface area (Å²) in [7, 11) is 0. The molecule has 3 aromatic carbocycles. The van der Waals surface area contributed by atoms with Gasteiger partial charge < -0.3 is 10.6 Å². The molecule has 0 bridgehead atoms. The number of carbonyl (C=O) groups is 1. The predicted octanol–water partition coefficient (Wildman–Crippen LogP) is 4.83. The summed E-state index contributed by atoms with van der Waals surface area (Å²) >= 11 is 0. The Hall–Kier alpha value is -2.91. The van der Waals surface area contributed by atoms with E-state index in [0.717, 1.165) is 24.8 Å². The van der Waals surface area contributed by atoms with Crippen LogP contribution in [0.1, 0.15) is 40.3 Å². The van der Waals surface area contributed by atoms with Crippen molar-refractivity contribution in [3.8, 4) is 0 Å². The van der Waals surface area contributed by atoms with Crippen LogP contribution in [-0.2, 0) is 24.2 Å². The number of fused-ring (bicyclic) bond motifs is 1. The molecule has 1 aliphatic carbocycles. The van der Waals surface area contributed by atoms with Gasteiger partial charge in [0.15, 0.2) is 0 Å². The second kappa shape index (κ2) is 9.27. The molecule has 3 heteroatoms. The number of benzene rings is 3. The lowest BCUT2D eigenvalue weighted by Crippen LogP contribution is -2.43. The highest BCUT2D eigenvalue weighted by atomic mass is 16.2. The molecule has 3 nitrogen and oxygen atoms in total. The van der Waals surface area contributed by atoms with E-state index in [2.05, 4.69) is 67.6 Å². The highest BCUT2D eigenvalue weighted by molar-refractivity contribution is 5.78. The zero-order valence-corrected chi connectivity index (χ0v) is 17.6. The molecule has 2 unspecified atom stereocenters. The van der Waals surface area contributed by atoms with Crippen molar-refractivity contribution >= 4 is 5.91 Å². The van der Waals surface area contributed by atoms with Crippen molar-refractivity contribution in [3.63, 3.8) is 0 Å². The van der Waals surface area contributed by atoms with Gasteiger partial charge in [0.25, 0.3) is 0 Å². The summed E-state index contributed by atoms with van der Waals surface area (Å²) in [6, 6.07) is 27.7. The van der Waals surface area contributed by atoms with Gasteiger partial charge in [0.05, 0.1) is 12.6 Å². The number of hydrogen-bond donors (Lipinski definition) is 1. The molecule has 30 heavy (non-hydrogen) atoms. The van der Waals surface area contributed by atoms with Crippen LogP contribution in [0.5, 0.6) is 0 Å². The van der Waals surface area contributed by atoms with Gasteiger partial charge in [-0.1, -0.05) is 84.4 Å². The van der Waals surface area contributed by atoms with Crippen LogP contribution in [0.3, 0.4) is 0 Å². The van der Waals surface area contributed by atoms with E-state index in [1.165, 1.54) is 22.3 Å². The van der Waals surface area contributed by atoms with Crippen LogP contribution in [-0.4, -0.2) is 17.4 Å². The molecule has 2 N–H and O–H groups in total. The van der Waals surface area contributed by atoms with E-state index in [4.69, 9.17) is 5.73 Å². The Labute approximate surface area is 179 Å². The fourth-order valence-corrected chi connectivity index (χ4v) is 4.71. The van der Waals surface area contributed by atoms with Crippen LogP contribution in [0.15, 0.2) is 78.9 Å². The average molecular weight is 399 g/mol. The van der Waals surface area contributed by atoms with Crippen LogP contribution in [0.2, 0.25) is 0 Å². The maximum Gasteiger partial charge on any atom is 0.237 e. The SMILES string of the molecule is Cc1ccc(CC2CCc3ccccc3C2N(Cc2ccccc2)C(=O)CN)cc1. The van der Waals surface area contributed by atoms with E-state index in [1.54, 1.807) is 0 Å². The third-order valence-corrected chi connectivity index (χ3v) is 6.25. The summed E-state index contributed by atoms with van der Waals surface area (Å²) in [4.78, 5) is 15.1. The molecular formula is C27H30N2O. The average Bonchev–Trinajstić information content (AvgIpc) is 2.79. The number of aryl methyl sites for hydroxylation is 2. The Bertz CT molecular complexity index is 981. The second-order valence-electron chi connectivity index (χ2n) is 8.34. The minimum Gasteiger partial charge on any atom is -0.330 e. The van der Waals surface area contributed by atoms with Crippen LogP contribution in [0, 0.1) is 12.8 Å². The molecule has 2 atom stereocenters. The number of amides is 1. The van der Waals surface area contributed by atoms with Gasteiger partial charge in [-0.15, -0.1) is 0 Å². The zero-order chi connectivity index (χ0) is 20.9. The van der Waals surface area contributed by atoms with Crippen LogP contribution in [0.25, 0.3) is 0 Å². The molecule has 0 saturated heterocycles. The van der Waals surface area contributed by atoms with Crippen molar-refractivity contribution < 1.29 is 4.79 Å². The highest BCUT2D eigenvalue weighted by Gasteiger charge is 2.35. The first kappa shape index (κ1) is 20.4. The van der Waals surface area contributed by atoms with Gasteiger partial charge in [-0.3, -0.25) is 4.79 Å². The Kier molecular flexibility index (Phi) is 6.29. The van der Waals surface area contributed by atoms with Gasteiger partial charge in [-0.25, -0.2) is 0 Å². The molecule has 0 radical (unpaired) electrons. The van der Waals surface area contributed by atoms with Gasteiger partial charge in [0.2, 0.25) is 5.91 Å². The summed E-state index contributed by atoms with van der Waals surface area (Å²) < 4.78 is 0. The molecule has 0 saturated carbocycles. The first-order valence-corrected chi connectivity index (χ1v) is 10.8. The monoisotopic (exact) mass is 398 g/mol. The maximum atomic E-state index is 13.1. The summed E-state index contributed by atoms with van der Waals surface area (Å²) in [5.41, 5.74) is 12.2. The van der Waals surface area contributed by atoms with Gasteiger partial charge in [-0.2, -0.15) is 0 Å². The number of rotatable bonds is 6. The largest absolute Gasteiger partial charge is 0.330 e. The van der Waals surface area contributed by atoms with Crippen molar-refractivity contribution in [2.45, 2.75) is 38.8 Å². The Morgan fingerprint density at radius 2 is 1.63 bits per heavy atom. The van der Waals surface area contributed by atoms with Gasteiger partial charge in [0, 0.05) is 6.54 Å². The summed E-state index contributed by atoms with van der Waals surface area (Å²) in [6.07, 6.45) is 3.08. The van der Waals surface area contributed by atoms with Crippen molar-refractivity contribution in [3.05, 3.63) is 107 Å².